The quantitative estimate of drug-likeness (QED) is 0.476. The maximum absolute atomic E-state index is 11.6. The first kappa shape index (κ1) is 13.8. The second kappa shape index (κ2) is 8.10. The van der Waals surface area contributed by atoms with Crippen LogP contribution in [-0.4, -0.2) is 29.8 Å². The van der Waals surface area contributed by atoms with Crippen LogP contribution in [0.4, 0.5) is 0 Å². The van der Waals surface area contributed by atoms with Crippen molar-refractivity contribution in [1.29, 1.82) is 0 Å². The predicted octanol–water partition coefficient (Wildman–Crippen LogP) is 3.04. The van der Waals surface area contributed by atoms with Crippen molar-refractivity contribution in [3.63, 3.8) is 0 Å². The fraction of sp³-hybridized carbons (Fsp3) is 0.909. The molecule has 0 aliphatic heterocycles. The Bertz CT molecular complexity index is 161. The van der Waals surface area contributed by atoms with Crippen LogP contribution in [0.5, 0.6) is 0 Å². The molecule has 0 aromatic rings. The highest BCUT2D eigenvalue weighted by Crippen LogP contribution is 2.08. The summed E-state index contributed by atoms with van der Waals surface area (Å²) < 4.78 is 0. The summed E-state index contributed by atoms with van der Waals surface area (Å²) in [5.41, 5.74) is 0. The molecule has 3 heteroatoms. The van der Waals surface area contributed by atoms with Gasteiger partial charge in [0.1, 0.15) is 0 Å². The number of hydrogen-bond acceptors (Lipinski definition) is 1. The Hall–Kier alpha value is -0.240. The second-order valence-corrected chi connectivity index (χ2v) is 4.17. The van der Waals surface area contributed by atoms with Crippen LogP contribution in [0.25, 0.3) is 0 Å². The standard InChI is InChI=1S/C11H22ClNO/c1-4-7-10(2)13(3)11(14)8-5-6-9-12/h10H,4-9H2,1-3H3. The zero-order chi connectivity index (χ0) is 11.0. The lowest BCUT2D eigenvalue weighted by molar-refractivity contribution is -0.131. The Morgan fingerprint density at radius 1 is 1.43 bits per heavy atom. The number of carbonyl (C=O) groups excluding carboxylic acids is 1. The summed E-state index contributed by atoms with van der Waals surface area (Å²) in [4.78, 5) is 13.5. The Kier molecular flexibility index (Phi) is 7.96. The molecule has 1 unspecified atom stereocenters. The first-order chi connectivity index (χ1) is 6.63. The van der Waals surface area contributed by atoms with E-state index in [0.717, 1.165) is 25.7 Å². The summed E-state index contributed by atoms with van der Waals surface area (Å²) in [5.74, 6) is 0.901. The number of amides is 1. The number of alkyl halides is 1. The van der Waals surface area contributed by atoms with Crippen molar-refractivity contribution in [2.45, 2.75) is 52.0 Å². The Morgan fingerprint density at radius 2 is 2.07 bits per heavy atom. The highest BCUT2D eigenvalue weighted by molar-refractivity contribution is 6.17. The lowest BCUT2D eigenvalue weighted by atomic mass is 10.1. The van der Waals surface area contributed by atoms with Crippen molar-refractivity contribution in [3.8, 4) is 0 Å². The van der Waals surface area contributed by atoms with Crippen molar-refractivity contribution < 1.29 is 4.79 Å². The van der Waals surface area contributed by atoms with Gasteiger partial charge in [-0.25, -0.2) is 0 Å². The van der Waals surface area contributed by atoms with Gasteiger partial charge in [0.25, 0.3) is 0 Å². The molecule has 14 heavy (non-hydrogen) atoms. The largest absolute Gasteiger partial charge is 0.343 e. The van der Waals surface area contributed by atoms with Gasteiger partial charge >= 0.3 is 0 Å². The number of unbranched alkanes of at least 4 members (excludes halogenated alkanes) is 1. The molecule has 0 aromatic carbocycles. The van der Waals surface area contributed by atoms with Crippen LogP contribution in [0.1, 0.15) is 46.0 Å². The highest BCUT2D eigenvalue weighted by atomic mass is 35.5. The summed E-state index contributed by atoms with van der Waals surface area (Å²) >= 11 is 5.55. The molecule has 0 saturated heterocycles. The van der Waals surface area contributed by atoms with E-state index in [4.69, 9.17) is 11.6 Å². The number of hydrogen-bond donors (Lipinski definition) is 0. The van der Waals surface area contributed by atoms with Crippen molar-refractivity contribution >= 4 is 17.5 Å². The monoisotopic (exact) mass is 219 g/mol. The van der Waals surface area contributed by atoms with Crippen molar-refractivity contribution in [2.75, 3.05) is 12.9 Å². The number of carbonyl (C=O) groups is 1. The van der Waals surface area contributed by atoms with Crippen molar-refractivity contribution in [2.24, 2.45) is 0 Å². The first-order valence-corrected chi connectivity index (χ1v) is 5.98. The third-order valence-corrected chi connectivity index (χ3v) is 2.80. The van der Waals surface area contributed by atoms with E-state index in [1.165, 1.54) is 0 Å². The normalized spacial score (nSPS) is 12.6. The van der Waals surface area contributed by atoms with Gasteiger partial charge in [0.2, 0.25) is 5.91 Å². The zero-order valence-electron chi connectivity index (χ0n) is 9.55. The van der Waals surface area contributed by atoms with Crippen LogP contribution in [-0.2, 0) is 4.79 Å². The zero-order valence-corrected chi connectivity index (χ0v) is 10.3. The van der Waals surface area contributed by atoms with E-state index in [1.807, 2.05) is 11.9 Å². The average molecular weight is 220 g/mol. The van der Waals surface area contributed by atoms with Crippen LogP contribution in [0.3, 0.4) is 0 Å². The third kappa shape index (κ3) is 5.48. The Balaban J connectivity index is 3.74. The molecule has 1 amide bonds. The van der Waals surface area contributed by atoms with Crippen LogP contribution in [0.15, 0.2) is 0 Å². The fourth-order valence-electron chi connectivity index (χ4n) is 1.40. The molecule has 0 aliphatic rings. The predicted molar refractivity (Wildman–Crippen MR) is 61.7 cm³/mol. The lowest BCUT2D eigenvalue weighted by Crippen LogP contribution is -2.34. The van der Waals surface area contributed by atoms with Crippen LogP contribution in [0.2, 0.25) is 0 Å². The average Bonchev–Trinajstić information content (AvgIpc) is 2.17. The molecule has 0 saturated carbocycles. The first-order valence-electron chi connectivity index (χ1n) is 5.45. The summed E-state index contributed by atoms with van der Waals surface area (Å²) in [6.45, 7) is 4.24. The summed E-state index contributed by atoms with van der Waals surface area (Å²) in [6.07, 6.45) is 4.68. The molecule has 84 valence electrons. The van der Waals surface area contributed by atoms with Gasteiger partial charge in [-0.05, 0) is 26.2 Å². The minimum absolute atomic E-state index is 0.246. The number of halogens is 1. The smallest absolute Gasteiger partial charge is 0.222 e. The van der Waals surface area contributed by atoms with Crippen molar-refractivity contribution in [1.82, 2.24) is 4.90 Å². The second-order valence-electron chi connectivity index (χ2n) is 3.79. The summed E-state index contributed by atoms with van der Waals surface area (Å²) in [7, 11) is 1.89. The molecule has 2 nitrogen and oxygen atoms in total. The molecule has 0 spiro atoms. The van der Waals surface area contributed by atoms with Crippen molar-refractivity contribution in [3.05, 3.63) is 0 Å². The molecule has 0 aromatic heterocycles. The Morgan fingerprint density at radius 3 is 2.57 bits per heavy atom. The van der Waals surface area contributed by atoms with Gasteiger partial charge < -0.3 is 4.90 Å². The van der Waals surface area contributed by atoms with Crippen LogP contribution >= 0.6 is 11.6 Å². The van der Waals surface area contributed by atoms with Crippen LogP contribution in [0, 0.1) is 0 Å². The highest BCUT2D eigenvalue weighted by Gasteiger charge is 2.13. The van der Waals surface area contributed by atoms with E-state index in [0.29, 0.717) is 18.3 Å². The van der Waals surface area contributed by atoms with E-state index in [9.17, 15) is 4.79 Å². The van der Waals surface area contributed by atoms with Gasteiger partial charge in [-0.3, -0.25) is 4.79 Å². The molecular formula is C11H22ClNO. The van der Waals surface area contributed by atoms with Gasteiger partial charge in [0.05, 0.1) is 0 Å². The van der Waals surface area contributed by atoms with Gasteiger partial charge in [-0.2, -0.15) is 0 Å². The van der Waals surface area contributed by atoms with Gasteiger partial charge in [-0.1, -0.05) is 13.3 Å². The summed E-state index contributed by atoms with van der Waals surface area (Å²) in [6, 6.07) is 0.364. The SMILES string of the molecule is CCCC(C)N(C)C(=O)CCCCCl. The minimum atomic E-state index is 0.246. The topological polar surface area (TPSA) is 20.3 Å². The van der Waals surface area contributed by atoms with E-state index < -0.39 is 0 Å². The number of rotatable bonds is 7. The summed E-state index contributed by atoms with van der Waals surface area (Å²) in [5, 5.41) is 0. The van der Waals surface area contributed by atoms with Gasteiger partial charge in [0, 0.05) is 25.4 Å². The molecule has 1 atom stereocenters. The molecule has 0 heterocycles. The maximum atomic E-state index is 11.6. The van der Waals surface area contributed by atoms with E-state index in [-0.39, 0.29) is 5.91 Å². The van der Waals surface area contributed by atoms with Crippen LogP contribution < -0.4 is 0 Å². The molecule has 0 radical (unpaired) electrons. The minimum Gasteiger partial charge on any atom is -0.343 e. The maximum Gasteiger partial charge on any atom is 0.222 e. The molecular weight excluding hydrogens is 198 g/mol. The van der Waals surface area contributed by atoms with Gasteiger partial charge in [0.15, 0.2) is 0 Å². The lowest BCUT2D eigenvalue weighted by Gasteiger charge is -2.24. The Labute approximate surface area is 92.6 Å². The third-order valence-electron chi connectivity index (χ3n) is 2.54. The van der Waals surface area contributed by atoms with E-state index in [2.05, 4.69) is 13.8 Å². The van der Waals surface area contributed by atoms with E-state index >= 15 is 0 Å². The number of nitrogens with zero attached hydrogens (tertiary/aromatic N) is 1. The molecule has 0 fully saturated rings. The molecule has 0 aliphatic carbocycles. The molecule has 0 bridgehead atoms. The van der Waals surface area contributed by atoms with Gasteiger partial charge in [-0.15, -0.1) is 11.6 Å². The fourth-order valence-corrected chi connectivity index (χ4v) is 1.59. The molecule has 0 N–H and O–H groups in total. The van der Waals surface area contributed by atoms with E-state index in [1.54, 1.807) is 0 Å². The molecule has 0 rings (SSSR count).